The maximum absolute atomic E-state index is 13.4. The van der Waals surface area contributed by atoms with E-state index < -0.39 is 24.3 Å². The monoisotopic (exact) mass is 357 g/mol. The van der Waals surface area contributed by atoms with Gasteiger partial charge < -0.3 is 15.1 Å². The molecule has 0 spiro atoms. The average Bonchev–Trinajstić information content (AvgIpc) is 2.50. The molecule has 2 N–H and O–H groups in total. The molecule has 0 radical (unpaired) electrons. The summed E-state index contributed by atoms with van der Waals surface area (Å²) in [6.45, 7) is -1.10. The van der Waals surface area contributed by atoms with Crippen molar-refractivity contribution < 1.29 is 28.2 Å². The van der Waals surface area contributed by atoms with Gasteiger partial charge in [0.25, 0.3) is 0 Å². The van der Waals surface area contributed by atoms with Gasteiger partial charge in [0.05, 0.1) is 12.2 Å². The van der Waals surface area contributed by atoms with Gasteiger partial charge in [0.1, 0.15) is 11.5 Å². The highest BCUT2D eigenvalue weighted by atomic mass is 32.1. The van der Waals surface area contributed by atoms with Gasteiger partial charge in [-0.15, -0.1) is 0 Å². The van der Waals surface area contributed by atoms with Crippen molar-refractivity contribution in [1.29, 1.82) is 0 Å². The standard InChI is InChI=1S/C16H14F3NO3S/c1-20(7-13(22)23)15(24)12-4-2-3-11-10(12)6-5-9(8-21)14(11)16(17,18)19/h2-6,21H,7-8H2,1H3,(H,22,23). The largest absolute Gasteiger partial charge is 0.480 e. The number of carboxylic acid groups (broad SMARTS) is 1. The van der Waals surface area contributed by atoms with E-state index in [-0.39, 0.29) is 27.9 Å². The van der Waals surface area contributed by atoms with E-state index in [9.17, 15) is 23.1 Å². The van der Waals surface area contributed by atoms with Crippen LogP contribution in [-0.4, -0.2) is 39.7 Å². The Hall–Kier alpha value is -2.19. The molecule has 24 heavy (non-hydrogen) atoms. The Labute approximate surface area is 141 Å². The Bertz CT molecular complexity index is 805. The van der Waals surface area contributed by atoms with Crippen LogP contribution < -0.4 is 0 Å². The first-order valence-electron chi connectivity index (χ1n) is 6.86. The summed E-state index contributed by atoms with van der Waals surface area (Å²) in [5.41, 5.74) is -0.800. The van der Waals surface area contributed by atoms with Crippen LogP contribution >= 0.6 is 12.2 Å². The minimum Gasteiger partial charge on any atom is -0.480 e. The van der Waals surface area contributed by atoms with Crippen LogP contribution in [0.15, 0.2) is 30.3 Å². The fourth-order valence-corrected chi connectivity index (χ4v) is 2.78. The van der Waals surface area contributed by atoms with Gasteiger partial charge in [-0.25, -0.2) is 0 Å². The minimum atomic E-state index is -4.63. The molecular formula is C16H14F3NO3S. The number of carbonyl (C=O) groups is 1. The zero-order chi connectivity index (χ0) is 18.1. The number of fused-ring (bicyclic) bond motifs is 1. The van der Waals surface area contributed by atoms with Crippen LogP contribution in [0.5, 0.6) is 0 Å². The summed E-state index contributed by atoms with van der Waals surface area (Å²) in [5.74, 6) is -1.10. The average molecular weight is 357 g/mol. The normalized spacial score (nSPS) is 11.5. The maximum Gasteiger partial charge on any atom is 0.417 e. The summed E-state index contributed by atoms with van der Waals surface area (Å²) in [6, 6.07) is 6.93. The fourth-order valence-electron chi connectivity index (χ4n) is 2.54. The summed E-state index contributed by atoms with van der Waals surface area (Å²) in [7, 11) is 1.46. The number of hydrogen-bond donors (Lipinski definition) is 2. The number of aliphatic carboxylic acids is 1. The number of halogens is 3. The van der Waals surface area contributed by atoms with E-state index >= 15 is 0 Å². The van der Waals surface area contributed by atoms with Crippen molar-refractivity contribution in [3.8, 4) is 0 Å². The summed E-state index contributed by atoms with van der Waals surface area (Å²) < 4.78 is 40.2. The molecule has 0 fully saturated rings. The predicted molar refractivity (Wildman–Crippen MR) is 86.8 cm³/mol. The number of nitrogens with zero attached hydrogens (tertiary/aromatic N) is 1. The number of likely N-dealkylation sites (N-methyl/N-ethyl adjacent to an activating group) is 1. The highest BCUT2D eigenvalue weighted by Gasteiger charge is 2.35. The van der Waals surface area contributed by atoms with Crippen molar-refractivity contribution in [2.24, 2.45) is 0 Å². The van der Waals surface area contributed by atoms with Gasteiger partial charge >= 0.3 is 12.1 Å². The molecule has 2 rings (SSSR count). The molecule has 0 unspecified atom stereocenters. The maximum atomic E-state index is 13.4. The Morgan fingerprint density at radius 2 is 1.88 bits per heavy atom. The predicted octanol–water partition coefficient (Wildman–Crippen LogP) is 3.04. The molecular weight excluding hydrogens is 343 g/mol. The van der Waals surface area contributed by atoms with Crippen LogP contribution in [-0.2, 0) is 17.6 Å². The lowest BCUT2D eigenvalue weighted by Gasteiger charge is -2.21. The smallest absolute Gasteiger partial charge is 0.417 e. The number of hydrogen-bond acceptors (Lipinski definition) is 3. The molecule has 0 aliphatic heterocycles. The molecule has 0 aromatic heterocycles. The Morgan fingerprint density at radius 3 is 2.42 bits per heavy atom. The first-order valence-corrected chi connectivity index (χ1v) is 7.27. The zero-order valence-corrected chi connectivity index (χ0v) is 13.4. The van der Waals surface area contributed by atoms with E-state index in [4.69, 9.17) is 17.3 Å². The van der Waals surface area contributed by atoms with E-state index in [0.717, 1.165) is 0 Å². The first kappa shape index (κ1) is 18.2. The highest BCUT2D eigenvalue weighted by molar-refractivity contribution is 7.80. The molecule has 4 nitrogen and oxygen atoms in total. The van der Waals surface area contributed by atoms with Gasteiger partial charge in [-0.2, -0.15) is 13.2 Å². The van der Waals surface area contributed by atoms with Crippen molar-refractivity contribution in [2.45, 2.75) is 12.8 Å². The molecule has 0 bridgehead atoms. The van der Waals surface area contributed by atoms with Crippen molar-refractivity contribution in [3.63, 3.8) is 0 Å². The van der Waals surface area contributed by atoms with Gasteiger partial charge in [0.15, 0.2) is 0 Å². The third-order valence-electron chi connectivity index (χ3n) is 3.55. The molecule has 8 heteroatoms. The topological polar surface area (TPSA) is 60.8 Å². The third-order valence-corrected chi connectivity index (χ3v) is 4.08. The van der Waals surface area contributed by atoms with Crippen molar-refractivity contribution in [1.82, 2.24) is 4.90 Å². The first-order chi connectivity index (χ1) is 11.2. The van der Waals surface area contributed by atoms with Crippen LogP contribution in [0, 0.1) is 0 Å². The van der Waals surface area contributed by atoms with Gasteiger partial charge in [0.2, 0.25) is 0 Å². The molecule has 0 saturated heterocycles. The van der Waals surface area contributed by atoms with Crippen LogP contribution in [0.4, 0.5) is 13.2 Å². The molecule has 0 aliphatic rings. The van der Waals surface area contributed by atoms with E-state index in [2.05, 4.69) is 0 Å². The SMILES string of the molecule is CN(CC(=O)O)C(=S)c1cccc2c(C(F)(F)F)c(CO)ccc12. The lowest BCUT2D eigenvalue weighted by Crippen LogP contribution is -2.31. The van der Waals surface area contributed by atoms with E-state index in [1.54, 1.807) is 6.07 Å². The van der Waals surface area contributed by atoms with Crippen molar-refractivity contribution in [3.05, 3.63) is 47.0 Å². The van der Waals surface area contributed by atoms with Gasteiger partial charge in [-0.1, -0.05) is 42.5 Å². The van der Waals surface area contributed by atoms with Crippen molar-refractivity contribution in [2.75, 3.05) is 13.6 Å². The lowest BCUT2D eigenvalue weighted by atomic mass is 9.95. The van der Waals surface area contributed by atoms with E-state index in [1.807, 2.05) is 0 Å². The summed E-state index contributed by atoms with van der Waals surface area (Å²) in [4.78, 5) is 12.2. The van der Waals surface area contributed by atoms with Gasteiger partial charge in [0, 0.05) is 12.6 Å². The van der Waals surface area contributed by atoms with Crippen LogP contribution in [0.2, 0.25) is 0 Å². The van der Waals surface area contributed by atoms with Crippen LogP contribution in [0.1, 0.15) is 16.7 Å². The fraction of sp³-hybridized carbons (Fsp3) is 0.250. The highest BCUT2D eigenvalue weighted by Crippen LogP contribution is 2.38. The number of benzene rings is 2. The van der Waals surface area contributed by atoms with Crippen molar-refractivity contribution >= 4 is 33.9 Å². The number of aliphatic hydroxyl groups excluding tert-OH is 1. The van der Waals surface area contributed by atoms with Crippen LogP contribution in [0.25, 0.3) is 10.8 Å². The molecule has 128 valence electrons. The molecule has 0 atom stereocenters. The Morgan fingerprint density at radius 1 is 1.21 bits per heavy atom. The molecule has 0 aliphatic carbocycles. The molecule has 0 saturated carbocycles. The lowest BCUT2D eigenvalue weighted by molar-refractivity contribution is -0.138. The summed E-state index contributed by atoms with van der Waals surface area (Å²) in [6.07, 6.45) is -4.63. The molecule has 0 heterocycles. The third kappa shape index (κ3) is 3.49. The molecule has 0 amide bonds. The van der Waals surface area contributed by atoms with Gasteiger partial charge in [-0.3, -0.25) is 4.79 Å². The minimum absolute atomic E-state index is 0.0855. The Balaban J connectivity index is 2.67. The summed E-state index contributed by atoms with van der Waals surface area (Å²) in [5, 5.41) is 18.2. The number of carboxylic acids is 1. The number of alkyl halides is 3. The number of aliphatic hydroxyl groups is 1. The van der Waals surface area contributed by atoms with Gasteiger partial charge in [-0.05, 0) is 16.3 Å². The van der Waals surface area contributed by atoms with E-state index in [1.165, 1.54) is 36.2 Å². The molecule has 2 aromatic carbocycles. The summed E-state index contributed by atoms with van der Waals surface area (Å²) >= 11 is 5.22. The number of thiocarbonyl (C=S) groups is 1. The molecule has 2 aromatic rings. The van der Waals surface area contributed by atoms with E-state index in [0.29, 0.717) is 5.56 Å². The quantitative estimate of drug-likeness (QED) is 0.824. The Kier molecular flexibility index (Phi) is 5.10. The second kappa shape index (κ2) is 6.74. The van der Waals surface area contributed by atoms with Crippen LogP contribution in [0.3, 0.4) is 0 Å². The zero-order valence-electron chi connectivity index (χ0n) is 12.6. The second-order valence-electron chi connectivity index (χ2n) is 5.21. The second-order valence-corrected chi connectivity index (χ2v) is 5.60. The number of rotatable bonds is 4.